The Hall–Kier alpha value is -2.34. The van der Waals surface area contributed by atoms with Gasteiger partial charge in [-0.1, -0.05) is 18.2 Å². The molecule has 0 aliphatic carbocycles. The average molecular weight is 351 g/mol. The van der Waals surface area contributed by atoms with Gasteiger partial charge in [0.15, 0.2) is 11.5 Å². The minimum Gasteiger partial charge on any atom is -0.504 e. The van der Waals surface area contributed by atoms with E-state index in [2.05, 4.69) is 15.9 Å². The van der Waals surface area contributed by atoms with E-state index < -0.39 is 5.91 Å². The van der Waals surface area contributed by atoms with Crippen LogP contribution in [0, 0.1) is 5.41 Å². The van der Waals surface area contributed by atoms with E-state index in [-0.39, 0.29) is 17.2 Å². The first-order valence-electron chi connectivity index (χ1n) is 5.95. The number of para-hydroxylation sites is 1. The van der Waals surface area contributed by atoms with Gasteiger partial charge < -0.3 is 21.4 Å². The first-order chi connectivity index (χ1) is 9.84. The predicted molar refractivity (Wildman–Crippen MR) is 84.9 cm³/mol. The average Bonchev–Trinajstić information content (AvgIpc) is 2.42. The molecule has 0 aliphatic heterocycles. The summed E-state index contributed by atoms with van der Waals surface area (Å²) in [6, 6.07) is 11.6. The number of hydrogen-bond acceptors (Lipinski definition) is 4. The second-order valence-electron chi connectivity index (χ2n) is 4.14. The van der Waals surface area contributed by atoms with Crippen LogP contribution in [0.2, 0.25) is 0 Å². The van der Waals surface area contributed by atoms with Gasteiger partial charge in [0, 0.05) is 15.7 Å². The maximum atomic E-state index is 10.6. The van der Waals surface area contributed by atoms with Crippen LogP contribution < -0.4 is 5.73 Å². The third-order valence-corrected chi connectivity index (χ3v) is 3.25. The van der Waals surface area contributed by atoms with Gasteiger partial charge in [-0.25, -0.2) is 0 Å². The molecule has 5 N–H and O–H groups in total. The molecule has 0 saturated heterocycles. The Labute approximate surface area is 130 Å². The Kier molecular flexibility index (Phi) is 5.92. The number of amides is 1. The third kappa shape index (κ3) is 4.61. The molecule has 0 saturated carbocycles. The highest BCUT2D eigenvalue weighted by Crippen LogP contribution is 2.28. The number of phenolic OH excluding ortho intramolecular Hbond substituents is 2. The molecule has 0 heterocycles. The van der Waals surface area contributed by atoms with Gasteiger partial charge in [0.05, 0.1) is 5.56 Å². The third-order valence-electron chi connectivity index (χ3n) is 2.56. The normalized spacial score (nSPS) is 9.43. The van der Waals surface area contributed by atoms with Crippen LogP contribution in [0.5, 0.6) is 11.5 Å². The second-order valence-corrected chi connectivity index (χ2v) is 5.00. The van der Waals surface area contributed by atoms with Gasteiger partial charge in [-0.3, -0.25) is 4.79 Å². The molecule has 2 rings (SSSR count). The molecule has 0 atom stereocenters. The fraction of sp³-hybridized carbons (Fsp3) is 0.0667. The number of carbonyl (C=O) groups excluding carboxylic acids is 1. The monoisotopic (exact) mass is 350 g/mol. The van der Waals surface area contributed by atoms with Crippen molar-refractivity contribution in [2.24, 2.45) is 5.73 Å². The molecule has 0 spiro atoms. The summed E-state index contributed by atoms with van der Waals surface area (Å²) in [5, 5.41) is 25.4. The van der Waals surface area contributed by atoms with Crippen molar-refractivity contribution < 1.29 is 15.0 Å². The van der Waals surface area contributed by atoms with E-state index in [9.17, 15) is 9.90 Å². The number of nitrogens with two attached hydrogens (primary N) is 1. The number of benzene rings is 2. The van der Waals surface area contributed by atoms with Gasteiger partial charge in [-0.15, -0.1) is 0 Å². The largest absolute Gasteiger partial charge is 0.504 e. The van der Waals surface area contributed by atoms with E-state index in [0.717, 1.165) is 4.47 Å². The van der Waals surface area contributed by atoms with Crippen LogP contribution in [0.4, 0.5) is 0 Å². The molecule has 0 aliphatic rings. The maximum absolute atomic E-state index is 10.6. The van der Waals surface area contributed by atoms with Gasteiger partial charge in [-0.05, 0) is 47.1 Å². The van der Waals surface area contributed by atoms with E-state index in [4.69, 9.17) is 16.2 Å². The van der Waals surface area contributed by atoms with E-state index in [1.165, 1.54) is 6.07 Å². The summed E-state index contributed by atoms with van der Waals surface area (Å²) in [4.78, 5) is 10.6. The zero-order valence-corrected chi connectivity index (χ0v) is 12.9. The van der Waals surface area contributed by atoms with Gasteiger partial charge in [0.2, 0.25) is 5.91 Å². The molecule has 0 aromatic heterocycles. The molecule has 2 aromatic rings. The Morgan fingerprint density at radius 2 is 1.67 bits per heavy atom. The van der Waals surface area contributed by atoms with Crippen molar-refractivity contribution in [2.75, 3.05) is 0 Å². The molecule has 5 nitrogen and oxygen atoms in total. The highest BCUT2D eigenvalue weighted by atomic mass is 79.9. The summed E-state index contributed by atoms with van der Waals surface area (Å²) in [7, 11) is 0. The number of hydrogen-bond donors (Lipinski definition) is 4. The zero-order valence-electron chi connectivity index (χ0n) is 11.3. The summed E-state index contributed by atoms with van der Waals surface area (Å²) in [5.41, 5.74) is 6.16. The van der Waals surface area contributed by atoms with Crippen LogP contribution in [-0.4, -0.2) is 21.8 Å². The number of halogens is 1. The van der Waals surface area contributed by atoms with Crippen LogP contribution in [-0.2, 0) is 0 Å². The van der Waals surface area contributed by atoms with Crippen LogP contribution >= 0.6 is 15.9 Å². The van der Waals surface area contributed by atoms with E-state index in [1.54, 1.807) is 37.3 Å². The lowest BCUT2D eigenvalue weighted by Crippen LogP contribution is -2.11. The fourth-order valence-corrected chi connectivity index (χ4v) is 1.98. The number of carbonyl (C=O) groups is 1. The number of phenols is 2. The summed E-state index contributed by atoms with van der Waals surface area (Å²) in [6.07, 6.45) is 0. The zero-order chi connectivity index (χ0) is 16.0. The highest BCUT2D eigenvalue weighted by molar-refractivity contribution is 9.10. The molecule has 1 amide bonds. The number of rotatable bonds is 2. The van der Waals surface area contributed by atoms with Crippen LogP contribution in [0.25, 0.3) is 0 Å². The smallest absolute Gasteiger partial charge is 0.249 e. The van der Waals surface area contributed by atoms with E-state index in [0.29, 0.717) is 11.1 Å². The quantitative estimate of drug-likeness (QED) is 0.493. The van der Waals surface area contributed by atoms with Crippen LogP contribution in [0.1, 0.15) is 22.8 Å². The molecule has 2 aromatic carbocycles. The summed E-state index contributed by atoms with van der Waals surface area (Å²) < 4.78 is 0.738. The molecule has 0 fully saturated rings. The lowest BCUT2D eigenvalue weighted by atomic mass is 10.1. The van der Waals surface area contributed by atoms with Crippen molar-refractivity contribution in [1.82, 2.24) is 0 Å². The lowest BCUT2D eigenvalue weighted by molar-refractivity contribution is 0.0999. The summed E-state index contributed by atoms with van der Waals surface area (Å²) in [5.74, 6) is -0.818. The van der Waals surface area contributed by atoms with Crippen molar-refractivity contribution in [3.05, 3.63) is 58.1 Å². The molecular weight excluding hydrogens is 336 g/mol. The molecular formula is C15H15BrN2O3. The van der Waals surface area contributed by atoms with Crippen LogP contribution in [0.15, 0.2) is 46.9 Å². The van der Waals surface area contributed by atoms with Crippen molar-refractivity contribution in [3.8, 4) is 11.5 Å². The molecule has 6 heteroatoms. The van der Waals surface area contributed by atoms with Gasteiger partial charge in [-0.2, -0.15) is 0 Å². The Morgan fingerprint density at radius 3 is 2.10 bits per heavy atom. The van der Waals surface area contributed by atoms with E-state index >= 15 is 0 Å². The minimum atomic E-state index is -0.410. The SMILES string of the molecule is CC(=N)c1cccc(O)c1O.NC(=O)c1ccccc1Br. The van der Waals surface area contributed by atoms with Crippen molar-refractivity contribution >= 4 is 27.5 Å². The number of nitrogens with one attached hydrogen (secondary N) is 1. The Morgan fingerprint density at radius 1 is 1.10 bits per heavy atom. The first kappa shape index (κ1) is 16.7. The number of aromatic hydroxyl groups is 2. The topological polar surface area (TPSA) is 107 Å². The standard InChI is InChI=1S/C8H9NO2.C7H6BrNO/c1-5(9)6-3-2-4-7(10)8(6)11;8-6-4-2-1-3-5(6)7(9)10/h2-4,9-11H,1H3;1-4H,(H2,9,10). The molecule has 0 radical (unpaired) electrons. The minimum absolute atomic E-state index is 0.186. The molecule has 110 valence electrons. The summed E-state index contributed by atoms with van der Waals surface area (Å²) in [6.45, 7) is 1.55. The first-order valence-corrected chi connectivity index (χ1v) is 6.74. The van der Waals surface area contributed by atoms with Crippen molar-refractivity contribution in [3.63, 3.8) is 0 Å². The Balaban J connectivity index is 0.000000211. The highest BCUT2D eigenvalue weighted by Gasteiger charge is 2.05. The lowest BCUT2D eigenvalue weighted by Gasteiger charge is -2.02. The van der Waals surface area contributed by atoms with Gasteiger partial charge in [0.1, 0.15) is 0 Å². The Bertz CT molecular complexity index is 672. The van der Waals surface area contributed by atoms with Gasteiger partial charge in [0.25, 0.3) is 0 Å². The second kappa shape index (κ2) is 7.44. The van der Waals surface area contributed by atoms with Gasteiger partial charge >= 0.3 is 0 Å². The summed E-state index contributed by atoms with van der Waals surface area (Å²) >= 11 is 3.20. The number of primary amides is 1. The molecule has 0 unspecified atom stereocenters. The van der Waals surface area contributed by atoms with Crippen LogP contribution in [0.3, 0.4) is 0 Å². The van der Waals surface area contributed by atoms with Crippen molar-refractivity contribution in [1.29, 1.82) is 5.41 Å². The predicted octanol–water partition coefficient (Wildman–Crippen LogP) is 3.03. The molecule has 0 bridgehead atoms. The maximum Gasteiger partial charge on any atom is 0.249 e. The van der Waals surface area contributed by atoms with Crippen molar-refractivity contribution in [2.45, 2.75) is 6.92 Å². The fourth-order valence-electron chi connectivity index (χ4n) is 1.49. The molecule has 21 heavy (non-hydrogen) atoms. The van der Waals surface area contributed by atoms with E-state index in [1.807, 2.05) is 6.07 Å².